The molecule has 4 aromatic rings. The topological polar surface area (TPSA) is 79.7 Å². The molecule has 0 aliphatic carbocycles. The number of ether oxygens (including phenoxy) is 1. The van der Waals surface area contributed by atoms with Crippen molar-refractivity contribution < 1.29 is 23.8 Å². The molecule has 3 aromatic carbocycles. The first kappa shape index (κ1) is 22.7. The summed E-state index contributed by atoms with van der Waals surface area (Å²) in [7, 11) is 0. The molecule has 3 heterocycles. The van der Waals surface area contributed by atoms with E-state index in [-0.39, 0.29) is 22.6 Å². The van der Waals surface area contributed by atoms with Gasteiger partial charge >= 0.3 is 5.91 Å². The van der Waals surface area contributed by atoms with Crippen LogP contribution in [0.3, 0.4) is 0 Å². The Kier molecular flexibility index (Phi) is 5.31. The van der Waals surface area contributed by atoms with Gasteiger partial charge in [0.1, 0.15) is 23.4 Å². The molecule has 0 bridgehead atoms. The van der Waals surface area contributed by atoms with E-state index in [2.05, 4.69) is 4.98 Å². The van der Waals surface area contributed by atoms with Crippen molar-refractivity contribution in [1.82, 2.24) is 4.98 Å². The van der Waals surface area contributed by atoms with Crippen LogP contribution in [0.5, 0.6) is 5.75 Å². The van der Waals surface area contributed by atoms with Gasteiger partial charge in [0.05, 0.1) is 21.8 Å². The number of aliphatic hydroxyl groups excluding tert-OH is 1. The van der Waals surface area contributed by atoms with Gasteiger partial charge in [-0.1, -0.05) is 35.1 Å². The van der Waals surface area contributed by atoms with Gasteiger partial charge in [0.25, 0.3) is 5.78 Å². The van der Waals surface area contributed by atoms with Crippen LogP contribution in [0.2, 0.25) is 5.02 Å². The van der Waals surface area contributed by atoms with Crippen LogP contribution in [-0.4, -0.2) is 27.9 Å². The first-order valence-electron chi connectivity index (χ1n) is 11.2. The first-order chi connectivity index (χ1) is 17.3. The van der Waals surface area contributed by atoms with E-state index in [0.717, 1.165) is 16.0 Å². The van der Waals surface area contributed by atoms with Crippen LogP contribution in [0.4, 0.5) is 9.52 Å². The molecule has 1 saturated heterocycles. The first-order valence-corrected chi connectivity index (χ1v) is 12.4. The minimum atomic E-state index is -0.995. The normalized spacial score (nSPS) is 20.7. The van der Waals surface area contributed by atoms with Crippen molar-refractivity contribution in [3.63, 3.8) is 0 Å². The van der Waals surface area contributed by atoms with E-state index in [1.165, 1.54) is 40.5 Å². The molecule has 2 aliphatic heterocycles. The van der Waals surface area contributed by atoms with Crippen molar-refractivity contribution in [2.45, 2.75) is 25.5 Å². The van der Waals surface area contributed by atoms with Crippen LogP contribution in [-0.2, 0) is 16.0 Å². The standard InChI is InChI=1S/C27H18ClFN2O4S/c1-13-10-16-11-15(4-9-20(16)35-13)24(32)22-23(14-2-6-18(29)7-3-14)31(26(34)25(22)33)27-30-19-8-5-17(28)12-21(19)36-27/h2-9,11-13,23,32H,10H2,1H3/t13-,23+/m1/s1. The number of ketones is 1. The minimum absolute atomic E-state index is 0.00901. The summed E-state index contributed by atoms with van der Waals surface area (Å²) in [4.78, 5) is 32.5. The van der Waals surface area contributed by atoms with Crippen LogP contribution < -0.4 is 9.64 Å². The van der Waals surface area contributed by atoms with Crippen LogP contribution in [0.15, 0.2) is 66.2 Å². The lowest BCUT2D eigenvalue weighted by Gasteiger charge is -2.23. The van der Waals surface area contributed by atoms with Crippen LogP contribution in [0, 0.1) is 5.82 Å². The summed E-state index contributed by atoms with van der Waals surface area (Å²) < 4.78 is 20.2. The zero-order chi connectivity index (χ0) is 25.1. The SMILES string of the molecule is C[C@@H]1Cc2cc(C(O)=C3C(=O)C(=O)N(c4nc5ccc(Cl)cc5s4)[C@H]3c3ccc(F)cc3)ccc2O1. The molecule has 36 heavy (non-hydrogen) atoms. The molecule has 1 fully saturated rings. The van der Waals surface area contributed by atoms with Gasteiger partial charge < -0.3 is 9.84 Å². The highest BCUT2D eigenvalue weighted by Crippen LogP contribution is 2.45. The fourth-order valence-electron chi connectivity index (χ4n) is 4.70. The number of carbonyl (C=O) groups excluding carboxylic acids is 2. The number of carbonyl (C=O) groups is 2. The highest BCUT2D eigenvalue weighted by Gasteiger charge is 2.48. The molecule has 2 aliphatic rings. The van der Waals surface area contributed by atoms with E-state index in [4.69, 9.17) is 16.3 Å². The lowest BCUT2D eigenvalue weighted by molar-refractivity contribution is -0.132. The van der Waals surface area contributed by atoms with E-state index < -0.39 is 23.5 Å². The Hall–Kier alpha value is -3.75. The summed E-state index contributed by atoms with van der Waals surface area (Å²) in [6, 6.07) is 14.8. The molecule has 9 heteroatoms. The number of benzene rings is 3. The second-order valence-corrected chi connectivity index (χ2v) is 10.2. The molecule has 0 saturated carbocycles. The summed E-state index contributed by atoms with van der Waals surface area (Å²) in [5, 5.41) is 12.2. The third-order valence-corrected chi connectivity index (χ3v) is 7.60. The van der Waals surface area contributed by atoms with Crippen molar-refractivity contribution in [3.8, 4) is 5.75 Å². The van der Waals surface area contributed by atoms with Gasteiger partial charge in [-0.05, 0) is 66.6 Å². The van der Waals surface area contributed by atoms with E-state index >= 15 is 0 Å². The quantitative estimate of drug-likeness (QED) is 0.202. The van der Waals surface area contributed by atoms with Gasteiger partial charge in [-0.25, -0.2) is 9.37 Å². The molecular weight excluding hydrogens is 503 g/mol. The highest BCUT2D eigenvalue weighted by atomic mass is 35.5. The van der Waals surface area contributed by atoms with Crippen molar-refractivity contribution >= 4 is 55.7 Å². The largest absolute Gasteiger partial charge is 0.507 e. The number of fused-ring (bicyclic) bond motifs is 2. The molecule has 1 amide bonds. The minimum Gasteiger partial charge on any atom is -0.507 e. The van der Waals surface area contributed by atoms with Crippen molar-refractivity contribution in [2.24, 2.45) is 0 Å². The number of hydrogen-bond donors (Lipinski definition) is 1. The lowest BCUT2D eigenvalue weighted by atomic mass is 9.94. The van der Waals surface area contributed by atoms with Gasteiger partial charge in [-0.2, -0.15) is 0 Å². The Labute approximate surface area is 214 Å². The average Bonchev–Trinajstić information content (AvgIpc) is 3.51. The molecule has 0 spiro atoms. The molecule has 0 unspecified atom stereocenters. The van der Waals surface area contributed by atoms with Crippen LogP contribution in [0.25, 0.3) is 16.0 Å². The Morgan fingerprint density at radius 1 is 1.14 bits per heavy atom. The summed E-state index contributed by atoms with van der Waals surface area (Å²) in [5.74, 6) is -1.71. The summed E-state index contributed by atoms with van der Waals surface area (Å²) >= 11 is 7.32. The number of anilines is 1. The average molecular weight is 521 g/mol. The zero-order valence-corrected chi connectivity index (χ0v) is 20.4. The number of Topliss-reactive ketones (excluding diaryl/α,β-unsaturated/α-hetero) is 1. The molecule has 6 rings (SSSR count). The molecule has 6 nitrogen and oxygen atoms in total. The van der Waals surface area contributed by atoms with Crippen LogP contribution >= 0.6 is 22.9 Å². The second-order valence-electron chi connectivity index (χ2n) is 8.78. The van der Waals surface area contributed by atoms with E-state index in [1.54, 1.807) is 36.4 Å². The number of halogens is 2. The molecule has 0 radical (unpaired) electrons. The number of rotatable bonds is 3. The number of aromatic nitrogens is 1. The Morgan fingerprint density at radius 3 is 2.69 bits per heavy atom. The Morgan fingerprint density at radius 2 is 1.92 bits per heavy atom. The maximum absolute atomic E-state index is 13.8. The van der Waals surface area contributed by atoms with E-state index in [9.17, 15) is 19.1 Å². The Bertz CT molecular complexity index is 1600. The van der Waals surface area contributed by atoms with Crippen molar-refractivity contribution in [1.29, 1.82) is 0 Å². The fourth-order valence-corrected chi connectivity index (χ4v) is 5.97. The molecule has 2 atom stereocenters. The summed E-state index contributed by atoms with van der Waals surface area (Å²) in [5.41, 5.74) is 2.30. The molecule has 1 aromatic heterocycles. The number of thiazole rings is 1. The summed E-state index contributed by atoms with van der Waals surface area (Å²) in [6.07, 6.45) is 0.676. The smallest absolute Gasteiger partial charge is 0.301 e. The fraction of sp³-hybridized carbons (Fsp3) is 0.148. The molecule has 1 N–H and O–H groups in total. The van der Waals surface area contributed by atoms with Gasteiger partial charge in [0.2, 0.25) is 0 Å². The predicted molar refractivity (Wildman–Crippen MR) is 136 cm³/mol. The van der Waals surface area contributed by atoms with Gasteiger partial charge in [0.15, 0.2) is 5.13 Å². The lowest BCUT2D eigenvalue weighted by Crippen LogP contribution is -2.29. The number of amides is 1. The highest BCUT2D eigenvalue weighted by molar-refractivity contribution is 7.22. The van der Waals surface area contributed by atoms with Gasteiger partial charge in [-0.3, -0.25) is 14.5 Å². The third-order valence-electron chi connectivity index (χ3n) is 6.34. The van der Waals surface area contributed by atoms with Gasteiger partial charge in [0, 0.05) is 17.0 Å². The molecular formula is C27H18ClFN2O4S. The molecule has 180 valence electrons. The zero-order valence-electron chi connectivity index (χ0n) is 18.9. The number of hydrogen-bond acceptors (Lipinski definition) is 6. The monoisotopic (exact) mass is 520 g/mol. The summed E-state index contributed by atoms with van der Waals surface area (Å²) in [6.45, 7) is 1.95. The van der Waals surface area contributed by atoms with Crippen molar-refractivity contribution in [2.75, 3.05) is 4.90 Å². The maximum Gasteiger partial charge on any atom is 0.301 e. The van der Waals surface area contributed by atoms with Crippen LogP contribution in [0.1, 0.15) is 29.7 Å². The Balaban J connectivity index is 1.53. The van der Waals surface area contributed by atoms with Gasteiger partial charge in [-0.15, -0.1) is 0 Å². The van der Waals surface area contributed by atoms with E-state index in [1.807, 2.05) is 6.92 Å². The third kappa shape index (κ3) is 3.65. The van der Waals surface area contributed by atoms with E-state index in [0.29, 0.717) is 28.1 Å². The van der Waals surface area contributed by atoms with Crippen molar-refractivity contribution in [3.05, 3.63) is 93.8 Å². The number of nitrogens with zero attached hydrogens (tertiary/aromatic N) is 2. The number of aliphatic hydroxyl groups is 1. The maximum atomic E-state index is 13.8. The second kappa shape index (κ2) is 8.43. The predicted octanol–water partition coefficient (Wildman–Crippen LogP) is 6.04.